The van der Waals surface area contributed by atoms with Gasteiger partial charge in [-0.15, -0.1) is 0 Å². The van der Waals surface area contributed by atoms with Crippen LogP contribution in [0.3, 0.4) is 0 Å². The maximum absolute atomic E-state index is 11.2. The van der Waals surface area contributed by atoms with Gasteiger partial charge in [0, 0.05) is 25.8 Å². The summed E-state index contributed by atoms with van der Waals surface area (Å²) < 4.78 is 0. The van der Waals surface area contributed by atoms with Crippen molar-refractivity contribution in [2.24, 2.45) is 11.8 Å². The van der Waals surface area contributed by atoms with Gasteiger partial charge in [0.05, 0.1) is 0 Å². The average Bonchev–Trinajstić information content (AvgIpc) is 2.14. The molecule has 0 saturated heterocycles. The fourth-order valence-electron chi connectivity index (χ4n) is 1.17. The van der Waals surface area contributed by atoms with Crippen molar-refractivity contribution in [3.8, 4) is 0 Å². The van der Waals surface area contributed by atoms with Crippen LogP contribution in [0.15, 0.2) is 0 Å². The number of Topliss-reactive ketones (excluding diaryl/α,β-unsaturated/α-hetero) is 1. The Bertz CT molecular complexity index is 189. The molecule has 0 aliphatic heterocycles. The lowest BCUT2D eigenvalue weighted by Crippen LogP contribution is -2.30. The van der Waals surface area contributed by atoms with Crippen molar-refractivity contribution in [2.45, 2.75) is 33.6 Å². The highest BCUT2D eigenvalue weighted by Crippen LogP contribution is 2.15. The minimum Gasteiger partial charge on any atom is -0.359 e. The van der Waals surface area contributed by atoms with Gasteiger partial charge in [-0.3, -0.25) is 9.59 Å². The number of hydrogen-bond donors (Lipinski definition) is 1. The number of amides is 1. The monoisotopic (exact) mass is 185 g/mol. The molecule has 0 bridgehead atoms. The Kier molecular flexibility index (Phi) is 5.35. The molecule has 2 atom stereocenters. The number of ketones is 1. The third kappa shape index (κ3) is 4.06. The second-order valence-corrected chi connectivity index (χ2v) is 3.48. The molecule has 0 saturated carbocycles. The fourth-order valence-corrected chi connectivity index (χ4v) is 1.17. The molecule has 3 nitrogen and oxygen atoms in total. The smallest absolute Gasteiger partial charge is 0.222 e. The molecule has 0 aliphatic carbocycles. The zero-order valence-electron chi connectivity index (χ0n) is 8.89. The van der Waals surface area contributed by atoms with Crippen molar-refractivity contribution in [1.29, 1.82) is 0 Å². The first-order valence-electron chi connectivity index (χ1n) is 4.76. The lowest BCUT2D eigenvalue weighted by Gasteiger charge is -2.17. The number of rotatable bonds is 5. The van der Waals surface area contributed by atoms with E-state index in [-0.39, 0.29) is 23.5 Å². The van der Waals surface area contributed by atoms with Crippen molar-refractivity contribution < 1.29 is 9.59 Å². The Morgan fingerprint density at radius 3 is 2.23 bits per heavy atom. The fraction of sp³-hybridized carbons (Fsp3) is 0.800. The predicted molar refractivity (Wildman–Crippen MR) is 52.3 cm³/mol. The summed E-state index contributed by atoms with van der Waals surface area (Å²) in [6.07, 6.45) is 1.07. The van der Waals surface area contributed by atoms with Gasteiger partial charge in [-0.25, -0.2) is 0 Å². The van der Waals surface area contributed by atoms with Crippen LogP contribution >= 0.6 is 0 Å². The van der Waals surface area contributed by atoms with Crippen LogP contribution in [-0.4, -0.2) is 18.7 Å². The largest absolute Gasteiger partial charge is 0.359 e. The quantitative estimate of drug-likeness (QED) is 0.703. The van der Waals surface area contributed by atoms with Crippen molar-refractivity contribution in [3.05, 3.63) is 0 Å². The first-order valence-corrected chi connectivity index (χ1v) is 4.76. The van der Waals surface area contributed by atoms with Crippen molar-refractivity contribution in [1.82, 2.24) is 5.32 Å². The highest BCUT2D eigenvalue weighted by molar-refractivity contribution is 5.81. The first kappa shape index (κ1) is 12.1. The lowest BCUT2D eigenvalue weighted by atomic mass is 9.90. The predicted octanol–water partition coefficient (Wildman–Crippen LogP) is 1.37. The Balaban J connectivity index is 4.02. The van der Waals surface area contributed by atoms with Gasteiger partial charge >= 0.3 is 0 Å². The molecule has 1 N–H and O–H groups in total. The SMILES string of the molecule is CCC(=O)CC(C)C(C)C(=O)NC. The lowest BCUT2D eigenvalue weighted by molar-refractivity contribution is -0.126. The zero-order chi connectivity index (χ0) is 10.4. The number of nitrogens with one attached hydrogen (secondary N) is 1. The molecular formula is C10H19NO2. The van der Waals surface area contributed by atoms with Crippen molar-refractivity contribution >= 4 is 11.7 Å². The summed E-state index contributed by atoms with van der Waals surface area (Å²) in [5.74, 6) is 0.285. The summed E-state index contributed by atoms with van der Waals surface area (Å²) in [4.78, 5) is 22.3. The van der Waals surface area contributed by atoms with Gasteiger partial charge < -0.3 is 5.32 Å². The summed E-state index contributed by atoms with van der Waals surface area (Å²) >= 11 is 0. The molecule has 76 valence electrons. The van der Waals surface area contributed by atoms with Gasteiger partial charge in [-0.2, -0.15) is 0 Å². The molecule has 0 aromatic carbocycles. The molecule has 0 heterocycles. The minimum atomic E-state index is -0.0829. The second-order valence-electron chi connectivity index (χ2n) is 3.48. The maximum Gasteiger partial charge on any atom is 0.222 e. The van der Waals surface area contributed by atoms with Gasteiger partial charge in [-0.1, -0.05) is 20.8 Å². The van der Waals surface area contributed by atoms with E-state index < -0.39 is 0 Å². The summed E-state index contributed by atoms with van der Waals surface area (Å²) in [6, 6.07) is 0. The van der Waals surface area contributed by atoms with Gasteiger partial charge in [0.1, 0.15) is 5.78 Å². The van der Waals surface area contributed by atoms with Crippen LogP contribution in [0, 0.1) is 11.8 Å². The Hall–Kier alpha value is -0.860. The molecule has 0 aliphatic rings. The van der Waals surface area contributed by atoms with Gasteiger partial charge in [0.25, 0.3) is 0 Å². The third-order valence-corrected chi connectivity index (χ3v) is 2.46. The standard InChI is InChI=1S/C10H19NO2/c1-5-9(12)6-7(2)8(3)10(13)11-4/h7-8H,5-6H2,1-4H3,(H,11,13). The Labute approximate surface area is 79.9 Å². The van der Waals surface area contributed by atoms with Crippen LogP contribution in [0.25, 0.3) is 0 Å². The van der Waals surface area contributed by atoms with E-state index in [0.717, 1.165) is 0 Å². The van der Waals surface area contributed by atoms with Gasteiger partial charge in [0.2, 0.25) is 5.91 Å². The van der Waals surface area contributed by atoms with E-state index in [1.54, 1.807) is 7.05 Å². The summed E-state index contributed by atoms with van der Waals surface area (Å²) in [5.41, 5.74) is 0. The first-order chi connectivity index (χ1) is 6.02. The zero-order valence-corrected chi connectivity index (χ0v) is 8.89. The summed E-state index contributed by atoms with van der Waals surface area (Å²) in [6.45, 7) is 5.64. The summed E-state index contributed by atoms with van der Waals surface area (Å²) in [7, 11) is 1.62. The van der Waals surface area contributed by atoms with Crippen molar-refractivity contribution in [2.75, 3.05) is 7.05 Å². The molecule has 0 aromatic rings. The average molecular weight is 185 g/mol. The van der Waals surface area contributed by atoms with Crippen molar-refractivity contribution in [3.63, 3.8) is 0 Å². The summed E-state index contributed by atoms with van der Waals surface area (Å²) in [5, 5.41) is 2.59. The molecule has 2 unspecified atom stereocenters. The number of hydrogen-bond acceptors (Lipinski definition) is 2. The molecule has 3 heteroatoms. The molecule has 0 aromatic heterocycles. The molecule has 0 spiro atoms. The molecule has 0 radical (unpaired) electrons. The number of carbonyl (C=O) groups excluding carboxylic acids is 2. The van der Waals surface area contributed by atoms with E-state index in [9.17, 15) is 9.59 Å². The van der Waals surface area contributed by atoms with Crippen LogP contribution in [0.1, 0.15) is 33.6 Å². The topological polar surface area (TPSA) is 46.2 Å². The van der Waals surface area contributed by atoms with Crippen LogP contribution < -0.4 is 5.32 Å². The highest BCUT2D eigenvalue weighted by atomic mass is 16.1. The third-order valence-electron chi connectivity index (χ3n) is 2.46. The van der Waals surface area contributed by atoms with E-state index in [2.05, 4.69) is 5.32 Å². The van der Waals surface area contributed by atoms with Crippen LogP contribution in [0.4, 0.5) is 0 Å². The maximum atomic E-state index is 11.2. The normalized spacial score (nSPS) is 14.8. The van der Waals surface area contributed by atoms with Crippen LogP contribution in [-0.2, 0) is 9.59 Å². The van der Waals surface area contributed by atoms with E-state index in [0.29, 0.717) is 12.8 Å². The number of carbonyl (C=O) groups is 2. The molecule has 0 rings (SSSR count). The second kappa shape index (κ2) is 5.73. The van der Waals surface area contributed by atoms with Crippen LogP contribution in [0.5, 0.6) is 0 Å². The van der Waals surface area contributed by atoms with Gasteiger partial charge in [0.15, 0.2) is 0 Å². The van der Waals surface area contributed by atoms with E-state index in [4.69, 9.17) is 0 Å². The minimum absolute atomic E-state index is 0.0106. The van der Waals surface area contributed by atoms with Gasteiger partial charge in [-0.05, 0) is 5.92 Å². The molecular weight excluding hydrogens is 166 g/mol. The van der Waals surface area contributed by atoms with E-state index in [1.807, 2.05) is 20.8 Å². The molecule has 1 amide bonds. The highest BCUT2D eigenvalue weighted by Gasteiger charge is 2.20. The molecule has 0 fully saturated rings. The Morgan fingerprint density at radius 1 is 1.31 bits per heavy atom. The molecule has 13 heavy (non-hydrogen) atoms. The van der Waals surface area contributed by atoms with Crippen LogP contribution in [0.2, 0.25) is 0 Å². The Morgan fingerprint density at radius 2 is 1.85 bits per heavy atom. The van der Waals surface area contributed by atoms with E-state index in [1.165, 1.54) is 0 Å². The van der Waals surface area contributed by atoms with E-state index >= 15 is 0 Å².